The smallest absolute Gasteiger partial charge is 0.271 e. The fourth-order valence-electron chi connectivity index (χ4n) is 4.03. The van der Waals surface area contributed by atoms with Crippen molar-refractivity contribution in [3.8, 4) is 0 Å². The molecule has 4 rings (SSSR count). The van der Waals surface area contributed by atoms with Gasteiger partial charge in [-0.2, -0.15) is 5.10 Å². The molecule has 9 nitrogen and oxygen atoms in total. The highest BCUT2D eigenvalue weighted by atomic mass is 16.5. The van der Waals surface area contributed by atoms with Crippen LogP contribution in [0.1, 0.15) is 46.7 Å². The number of carbonyl (C=O) groups is 1. The number of aromatic nitrogens is 4. The molecule has 0 spiro atoms. The molecular weight excluding hydrogens is 384 g/mol. The Balaban J connectivity index is 1.35. The molecule has 0 aromatic carbocycles. The van der Waals surface area contributed by atoms with Crippen molar-refractivity contribution in [2.45, 2.75) is 51.8 Å². The summed E-state index contributed by atoms with van der Waals surface area (Å²) in [5, 5.41) is 7.54. The van der Waals surface area contributed by atoms with Crippen molar-refractivity contribution >= 4 is 5.91 Å². The van der Waals surface area contributed by atoms with E-state index in [0.29, 0.717) is 32.0 Å². The second-order valence-electron chi connectivity index (χ2n) is 7.92. The van der Waals surface area contributed by atoms with Gasteiger partial charge in [0.25, 0.3) is 11.5 Å². The molecule has 2 aromatic heterocycles. The molecule has 0 saturated carbocycles. The maximum Gasteiger partial charge on any atom is 0.271 e. The molecule has 1 fully saturated rings. The Bertz CT molecular complexity index is 943. The van der Waals surface area contributed by atoms with Crippen molar-refractivity contribution in [1.29, 1.82) is 0 Å². The Morgan fingerprint density at radius 3 is 3.00 bits per heavy atom. The number of nitrogens with one attached hydrogen (secondary N) is 1. The number of aryl methyl sites for hydroxylation is 1. The van der Waals surface area contributed by atoms with E-state index in [2.05, 4.69) is 25.3 Å². The predicted octanol–water partition coefficient (Wildman–Crippen LogP) is 0.699. The molecule has 2 aliphatic heterocycles. The first-order valence-electron chi connectivity index (χ1n) is 10.6. The molecule has 0 bridgehead atoms. The van der Waals surface area contributed by atoms with Gasteiger partial charge in [0.2, 0.25) is 0 Å². The number of carbonyl (C=O) groups excluding carboxylic acids is 1. The Morgan fingerprint density at radius 1 is 1.27 bits per heavy atom. The zero-order valence-corrected chi connectivity index (χ0v) is 17.3. The van der Waals surface area contributed by atoms with Gasteiger partial charge >= 0.3 is 0 Å². The van der Waals surface area contributed by atoms with Gasteiger partial charge in [-0.05, 0) is 26.3 Å². The largest absolute Gasteiger partial charge is 0.376 e. The summed E-state index contributed by atoms with van der Waals surface area (Å²) in [4.78, 5) is 35.4. The van der Waals surface area contributed by atoms with E-state index in [0.717, 1.165) is 55.7 Å². The highest BCUT2D eigenvalue weighted by Crippen LogP contribution is 2.17. The first-order chi connectivity index (χ1) is 14.6. The molecule has 0 radical (unpaired) electrons. The highest BCUT2D eigenvalue weighted by molar-refractivity contribution is 5.91. The van der Waals surface area contributed by atoms with E-state index in [-0.39, 0.29) is 17.5 Å². The average molecular weight is 412 g/mol. The summed E-state index contributed by atoms with van der Waals surface area (Å²) in [5.74, 6) is -0.206. The lowest BCUT2D eigenvalue weighted by Crippen LogP contribution is -2.48. The summed E-state index contributed by atoms with van der Waals surface area (Å²) in [6.07, 6.45) is 7.12. The first kappa shape index (κ1) is 20.6. The molecule has 1 N–H and O–H groups in total. The van der Waals surface area contributed by atoms with Crippen LogP contribution in [-0.2, 0) is 24.3 Å². The lowest BCUT2D eigenvalue weighted by Gasteiger charge is -2.35. The standard InChI is InChI=1S/C21H28N6O3/c1-15-11-23-19(13-22-15)21(29)24-12-17-4-2-3-6-26(17)7-8-27-20(28)10-16-14-30-9-5-18(16)25-27/h10-11,13,17H,2-9,12,14H2,1H3,(H,24,29). The third-order valence-corrected chi connectivity index (χ3v) is 5.76. The number of hydrogen-bond acceptors (Lipinski definition) is 7. The van der Waals surface area contributed by atoms with Crippen LogP contribution in [0.3, 0.4) is 0 Å². The van der Waals surface area contributed by atoms with Crippen LogP contribution in [0, 0.1) is 6.92 Å². The van der Waals surface area contributed by atoms with Crippen molar-refractivity contribution in [3.05, 3.63) is 51.5 Å². The van der Waals surface area contributed by atoms with Crippen LogP contribution in [0.4, 0.5) is 0 Å². The minimum Gasteiger partial charge on any atom is -0.376 e. The summed E-state index contributed by atoms with van der Waals surface area (Å²) < 4.78 is 6.97. The van der Waals surface area contributed by atoms with E-state index in [1.807, 2.05) is 6.92 Å². The molecule has 4 heterocycles. The molecule has 1 saturated heterocycles. The van der Waals surface area contributed by atoms with Crippen LogP contribution in [0.25, 0.3) is 0 Å². The maximum atomic E-state index is 12.4. The van der Waals surface area contributed by atoms with Crippen molar-refractivity contribution in [2.24, 2.45) is 0 Å². The highest BCUT2D eigenvalue weighted by Gasteiger charge is 2.23. The summed E-state index contributed by atoms with van der Waals surface area (Å²) in [6.45, 7) is 5.74. The van der Waals surface area contributed by atoms with Gasteiger partial charge in [-0.25, -0.2) is 9.67 Å². The zero-order chi connectivity index (χ0) is 20.9. The van der Waals surface area contributed by atoms with E-state index < -0.39 is 0 Å². The Kier molecular flexibility index (Phi) is 6.49. The lowest BCUT2D eigenvalue weighted by atomic mass is 10.0. The van der Waals surface area contributed by atoms with Crippen LogP contribution in [-0.4, -0.2) is 62.8 Å². The maximum absolute atomic E-state index is 12.4. The van der Waals surface area contributed by atoms with Gasteiger partial charge in [0.1, 0.15) is 5.69 Å². The zero-order valence-electron chi connectivity index (χ0n) is 17.3. The lowest BCUT2D eigenvalue weighted by molar-refractivity contribution is 0.0902. The third-order valence-electron chi connectivity index (χ3n) is 5.76. The van der Waals surface area contributed by atoms with E-state index in [9.17, 15) is 9.59 Å². The van der Waals surface area contributed by atoms with Crippen molar-refractivity contribution in [2.75, 3.05) is 26.2 Å². The van der Waals surface area contributed by atoms with Crippen molar-refractivity contribution in [3.63, 3.8) is 0 Å². The molecule has 160 valence electrons. The number of piperidine rings is 1. The first-order valence-corrected chi connectivity index (χ1v) is 10.6. The number of rotatable bonds is 6. The quantitative estimate of drug-likeness (QED) is 0.745. The average Bonchev–Trinajstić information content (AvgIpc) is 2.77. The minimum atomic E-state index is -0.206. The van der Waals surface area contributed by atoms with E-state index in [4.69, 9.17) is 4.74 Å². The van der Waals surface area contributed by atoms with Crippen LogP contribution >= 0.6 is 0 Å². The van der Waals surface area contributed by atoms with Gasteiger partial charge in [-0.15, -0.1) is 0 Å². The molecule has 30 heavy (non-hydrogen) atoms. The molecule has 9 heteroatoms. The minimum absolute atomic E-state index is 0.0842. The van der Waals surface area contributed by atoms with Crippen molar-refractivity contribution in [1.82, 2.24) is 30.0 Å². The van der Waals surface area contributed by atoms with Gasteiger partial charge in [0, 0.05) is 43.4 Å². The second-order valence-corrected chi connectivity index (χ2v) is 7.92. The third kappa shape index (κ3) is 4.91. The van der Waals surface area contributed by atoms with Gasteiger partial charge in [0.15, 0.2) is 0 Å². The summed E-state index contributed by atoms with van der Waals surface area (Å²) >= 11 is 0. The Hall–Kier alpha value is -2.65. The van der Waals surface area contributed by atoms with Crippen LogP contribution in [0.15, 0.2) is 23.3 Å². The van der Waals surface area contributed by atoms with E-state index in [1.54, 1.807) is 16.9 Å². The van der Waals surface area contributed by atoms with Gasteiger partial charge in [-0.1, -0.05) is 6.42 Å². The number of ether oxygens (including phenoxy) is 1. The SMILES string of the molecule is Cc1cnc(C(=O)NCC2CCCCN2CCn2nc3c(cc2=O)COCC3)cn1. The molecule has 1 atom stereocenters. The van der Waals surface area contributed by atoms with Crippen molar-refractivity contribution < 1.29 is 9.53 Å². The molecule has 2 aromatic rings. The summed E-state index contributed by atoms with van der Waals surface area (Å²) in [6, 6.07) is 1.89. The fraction of sp³-hybridized carbons (Fsp3) is 0.571. The monoisotopic (exact) mass is 412 g/mol. The number of likely N-dealkylation sites (tertiary alicyclic amines) is 1. The van der Waals surface area contributed by atoms with Crippen LogP contribution < -0.4 is 10.9 Å². The topological polar surface area (TPSA) is 102 Å². The second kappa shape index (κ2) is 9.44. The summed E-state index contributed by atoms with van der Waals surface area (Å²) in [5.41, 5.74) is 2.89. The Labute approximate surface area is 175 Å². The van der Waals surface area contributed by atoms with Crippen LogP contribution in [0.5, 0.6) is 0 Å². The molecule has 1 amide bonds. The normalized spacial score (nSPS) is 19.3. The number of fused-ring (bicyclic) bond motifs is 1. The molecule has 2 aliphatic rings. The number of nitrogens with zero attached hydrogens (tertiary/aromatic N) is 5. The molecule has 1 unspecified atom stereocenters. The predicted molar refractivity (Wildman–Crippen MR) is 110 cm³/mol. The molecule has 0 aliphatic carbocycles. The van der Waals surface area contributed by atoms with Gasteiger partial charge < -0.3 is 10.1 Å². The van der Waals surface area contributed by atoms with Gasteiger partial charge in [0.05, 0.1) is 37.3 Å². The van der Waals surface area contributed by atoms with Crippen LogP contribution in [0.2, 0.25) is 0 Å². The van der Waals surface area contributed by atoms with Gasteiger partial charge in [-0.3, -0.25) is 19.5 Å². The Morgan fingerprint density at radius 2 is 2.17 bits per heavy atom. The van der Waals surface area contributed by atoms with E-state index in [1.165, 1.54) is 6.20 Å². The molecular formula is C21H28N6O3. The van der Waals surface area contributed by atoms with E-state index >= 15 is 0 Å². The number of amides is 1. The fourth-order valence-corrected chi connectivity index (χ4v) is 4.03. The summed E-state index contributed by atoms with van der Waals surface area (Å²) in [7, 11) is 0. The number of hydrogen-bond donors (Lipinski definition) is 1.